The molecule has 3 aromatic heterocycles. The number of thiophene rings is 1. The molecule has 0 spiro atoms. The van der Waals surface area contributed by atoms with Gasteiger partial charge in [0, 0.05) is 59.3 Å². The van der Waals surface area contributed by atoms with E-state index in [9.17, 15) is 0 Å². The Hall–Kier alpha value is -2.43. The van der Waals surface area contributed by atoms with Gasteiger partial charge in [0.1, 0.15) is 0 Å². The molecule has 0 N–H and O–H groups in total. The number of para-hydroxylation sites is 1. The van der Waals surface area contributed by atoms with Crippen molar-refractivity contribution in [1.29, 1.82) is 0 Å². The molecule has 142 valence electrons. The van der Waals surface area contributed by atoms with E-state index in [1.54, 1.807) is 11.3 Å². The summed E-state index contributed by atoms with van der Waals surface area (Å²) >= 11 is 1.73. The number of nitrogens with zero attached hydrogens (tertiary/aromatic N) is 3. The molecule has 0 bridgehead atoms. The SMILES string of the molecule is c1ccc2c(c1)c(-c1cncc(-c3ccsc3)c1)cn2CCN1CCCCC1. The van der Waals surface area contributed by atoms with E-state index in [2.05, 4.69) is 67.8 Å². The molecule has 0 unspecified atom stereocenters. The second kappa shape index (κ2) is 7.90. The zero-order chi connectivity index (χ0) is 18.8. The number of fused-ring (bicyclic) bond motifs is 1. The lowest BCUT2D eigenvalue weighted by atomic mass is 10.0. The van der Waals surface area contributed by atoms with E-state index in [-0.39, 0.29) is 0 Å². The molecule has 28 heavy (non-hydrogen) atoms. The van der Waals surface area contributed by atoms with Crippen LogP contribution >= 0.6 is 11.3 Å². The highest BCUT2D eigenvalue weighted by atomic mass is 32.1. The maximum Gasteiger partial charge on any atom is 0.0487 e. The molecule has 1 aromatic carbocycles. The third-order valence-corrected chi connectivity index (χ3v) is 6.48. The van der Waals surface area contributed by atoms with Crippen LogP contribution in [0.25, 0.3) is 33.2 Å². The monoisotopic (exact) mass is 387 g/mol. The van der Waals surface area contributed by atoms with Gasteiger partial charge in [-0.2, -0.15) is 11.3 Å². The van der Waals surface area contributed by atoms with Crippen molar-refractivity contribution < 1.29 is 0 Å². The molecule has 4 aromatic rings. The van der Waals surface area contributed by atoms with Crippen molar-refractivity contribution in [2.75, 3.05) is 19.6 Å². The minimum atomic E-state index is 1.04. The normalized spacial score (nSPS) is 15.3. The Labute approximate surface area is 170 Å². The number of piperidine rings is 1. The van der Waals surface area contributed by atoms with E-state index >= 15 is 0 Å². The number of likely N-dealkylation sites (tertiary alicyclic amines) is 1. The molecule has 5 rings (SSSR count). The van der Waals surface area contributed by atoms with Crippen molar-refractivity contribution in [2.45, 2.75) is 25.8 Å². The Morgan fingerprint density at radius 3 is 2.61 bits per heavy atom. The smallest absolute Gasteiger partial charge is 0.0487 e. The van der Waals surface area contributed by atoms with Crippen molar-refractivity contribution in [1.82, 2.24) is 14.5 Å². The van der Waals surface area contributed by atoms with Gasteiger partial charge in [-0.05, 0) is 60.5 Å². The first-order chi connectivity index (χ1) is 13.9. The van der Waals surface area contributed by atoms with Crippen LogP contribution in [-0.2, 0) is 6.54 Å². The van der Waals surface area contributed by atoms with Crippen LogP contribution in [0.5, 0.6) is 0 Å². The molecule has 1 fully saturated rings. The van der Waals surface area contributed by atoms with Gasteiger partial charge in [-0.1, -0.05) is 24.6 Å². The van der Waals surface area contributed by atoms with E-state index in [1.165, 1.54) is 65.5 Å². The molecule has 3 nitrogen and oxygen atoms in total. The maximum absolute atomic E-state index is 4.54. The standard InChI is InChI=1S/C24H25N3S/c1-4-9-26(10-5-1)11-12-27-17-23(22-6-2-3-7-24(22)27)21-14-20(15-25-16-21)19-8-13-28-18-19/h2-3,6-8,13-18H,1,4-5,9-12H2. The van der Waals surface area contributed by atoms with Gasteiger partial charge < -0.3 is 9.47 Å². The fourth-order valence-electron chi connectivity index (χ4n) is 4.27. The summed E-state index contributed by atoms with van der Waals surface area (Å²) in [6, 6.07) is 13.2. The highest BCUT2D eigenvalue weighted by Crippen LogP contribution is 2.33. The predicted octanol–water partition coefficient (Wildman–Crippen LogP) is 5.92. The lowest BCUT2D eigenvalue weighted by Crippen LogP contribution is -2.32. The van der Waals surface area contributed by atoms with Crippen LogP contribution in [0.2, 0.25) is 0 Å². The third-order valence-electron chi connectivity index (χ3n) is 5.80. The molecular weight excluding hydrogens is 362 g/mol. The number of pyridine rings is 1. The predicted molar refractivity (Wildman–Crippen MR) is 119 cm³/mol. The lowest BCUT2D eigenvalue weighted by molar-refractivity contribution is 0.222. The Morgan fingerprint density at radius 2 is 1.75 bits per heavy atom. The first kappa shape index (κ1) is 17.7. The Bertz CT molecular complexity index is 1060. The Morgan fingerprint density at radius 1 is 0.893 bits per heavy atom. The van der Waals surface area contributed by atoms with Crippen molar-refractivity contribution in [2.24, 2.45) is 0 Å². The highest BCUT2D eigenvalue weighted by molar-refractivity contribution is 7.08. The molecule has 0 radical (unpaired) electrons. The minimum Gasteiger partial charge on any atom is -0.346 e. The van der Waals surface area contributed by atoms with Crippen molar-refractivity contribution in [3.8, 4) is 22.3 Å². The van der Waals surface area contributed by atoms with Gasteiger partial charge in [-0.3, -0.25) is 4.98 Å². The van der Waals surface area contributed by atoms with Crippen molar-refractivity contribution in [3.05, 3.63) is 65.7 Å². The van der Waals surface area contributed by atoms with Gasteiger partial charge in [0.15, 0.2) is 0 Å². The number of hydrogen-bond acceptors (Lipinski definition) is 3. The van der Waals surface area contributed by atoms with Gasteiger partial charge in [0.05, 0.1) is 0 Å². The first-order valence-electron chi connectivity index (χ1n) is 10.2. The van der Waals surface area contributed by atoms with Crippen LogP contribution in [-0.4, -0.2) is 34.1 Å². The second-order valence-corrected chi connectivity index (χ2v) is 8.41. The van der Waals surface area contributed by atoms with Crippen LogP contribution in [0.1, 0.15) is 19.3 Å². The summed E-state index contributed by atoms with van der Waals surface area (Å²) < 4.78 is 2.43. The summed E-state index contributed by atoms with van der Waals surface area (Å²) in [6.45, 7) is 4.67. The average Bonchev–Trinajstić information content (AvgIpc) is 3.42. The van der Waals surface area contributed by atoms with Crippen LogP contribution < -0.4 is 0 Å². The van der Waals surface area contributed by atoms with Gasteiger partial charge in [0.25, 0.3) is 0 Å². The molecule has 1 aliphatic rings. The topological polar surface area (TPSA) is 21.1 Å². The van der Waals surface area contributed by atoms with Crippen LogP contribution in [0.3, 0.4) is 0 Å². The molecule has 1 aliphatic heterocycles. The lowest BCUT2D eigenvalue weighted by Gasteiger charge is -2.26. The summed E-state index contributed by atoms with van der Waals surface area (Å²) in [4.78, 5) is 7.15. The molecule has 1 saturated heterocycles. The summed E-state index contributed by atoms with van der Waals surface area (Å²) in [6.07, 6.45) is 10.4. The summed E-state index contributed by atoms with van der Waals surface area (Å²) in [5.74, 6) is 0. The molecule has 0 aliphatic carbocycles. The molecular formula is C24H25N3S. The number of aromatic nitrogens is 2. The van der Waals surface area contributed by atoms with Gasteiger partial charge in [-0.25, -0.2) is 0 Å². The van der Waals surface area contributed by atoms with E-state index in [0.717, 1.165) is 13.1 Å². The van der Waals surface area contributed by atoms with Crippen LogP contribution in [0.4, 0.5) is 0 Å². The minimum absolute atomic E-state index is 1.04. The van der Waals surface area contributed by atoms with Crippen molar-refractivity contribution in [3.63, 3.8) is 0 Å². The average molecular weight is 388 g/mol. The van der Waals surface area contributed by atoms with Crippen LogP contribution in [0, 0.1) is 0 Å². The molecule has 4 heterocycles. The Balaban J connectivity index is 1.49. The largest absolute Gasteiger partial charge is 0.346 e. The highest BCUT2D eigenvalue weighted by Gasteiger charge is 2.14. The fourth-order valence-corrected chi connectivity index (χ4v) is 4.93. The van der Waals surface area contributed by atoms with Gasteiger partial charge >= 0.3 is 0 Å². The molecule has 0 amide bonds. The summed E-state index contributed by atoms with van der Waals surface area (Å²) in [7, 11) is 0. The van der Waals surface area contributed by atoms with Gasteiger partial charge in [-0.15, -0.1) is 0 Å². The molecule has 0 atom stereocenters. The van der Waals surface area contributed by atoms with E-state index < -0.39 is 0 Å². The van der Waals surface area contributed by atoms with E-state index in [0.29, 0.717) is 0 Å². The quantitative estimate of drug-likeness (QED) is 0.424. The van der Waals surface area contributed by atoms with E-state index in [4.69, 9.17) is 0 Å². The number of hydrogen-bond donors (Lipinski definition) is 0. The van der Waals surface area contributed by atoms with E-state index in [1.807, 2.05) is 12.4 Å². The summed E-state index contributed by atoms with van der Waals surface area (Å²) in [5.41, 5.74) is 6.21. The van der Waals surface area contributed by atoms with Crippen molar-refractivity contribution >= 4 is 22.2 Å². The first-order valence-corrected chi connectivity index (χ1v) is 11.1. The maximum atomic E-state index is 4.54. The zero-order valence-electron chi connectivity index (χ0n) is 16.1. The number of rotatable bonds is 5. The third kappa shape index (κ3) is 3.50. The Kier molecular flexibility index (Phi) is 4.98. The van der Waals surface area contributed by atoms with Gasteiger partial charge in [0.2, 0.25) is 0 Å². The van der Waals surface area contributed by atoms with Crippen LogP contribution in [0.15, 0.2) is 65.7 Å². The number of benzene rings is 1. The zero-order valence-corrected chi connectivity index (χ0v) is 16.9. The second-order valence-electron chi connectivity index (χ2n) is 7.63. The molecule has 0 saturated carbocycles. The molecule has 4 heteroatoms. The fraction of sp³-hybridized carbons (Fsp3) is 0.292. The summed E-state index contributed by atoms with van der Waals surface area (Å²) in [5, 5.41) is 5.61.